The minimum absolute atomic E-state index is 0.436. The largest absolute Gasteiger partial charge is 0.361 e. The summed E-state index contributed by atoms with van der Waals surface area (Å²) in [5, 5.41) is 4.09. The molecule has 0 amide bonds. The molecule has 6 nitrogen and oxygen atoms in total. The molecule has 2 saturated heterocycles. The van der Waals surface area contributed by atoms with Crippen molar-refractivity contribution in [3.8, 4) is 0 Å². The van der Waals surface area contributed by atoms with E-state index in [0.717, 1.165) is 50.0 Å². The van der Waals surface area contributed by atoms with Crippen LogP contribution >= 0.6 is 0 Å². The second-order valence-electron chi connectivity index (χ2n) is 7.67. The summed E-state index contributed by atoms with van der Waals surface area (Å²) in [4.78, 5) is 13.7. The van der Waals surface area contributed by atoms with Gasteiger partial charge in [-0.15, -0.1) is 0 Å². The maximum atomic E-state index is 5.31. The van der Waals surface area contributed by atoms with Crippen molar-refractivity contribution in [2.75, 3.05) is 31.1 Å². The van der Waals surface area contributed by atoms with Crippen LogP contribution in [0.3, 0.4) is 0 Å². The van der Waals surface area contributed by atoms with Gasteiger partial charge in [0, 0.05) is 37.6 Å². The molecule has 2 aromatic heterocycles. The van der Waals surface area contributed by atoms with E-state index in [4.69, 9.17) is 4.52 Å². The van der Waals surface area contributed by atoms with E-state index in [1.165, 1.54) is 31.2 Å². The lowest BCUT2D eigenvalue weighted by Gasteiger charge is -2.48. The second-order valence-corrected chi connectivity index (χ2v) is 7.67. The predicted octanol–water partition coefficient (Wildman–Crippen LogP) is 2.96. The van der Waals surface area contributed by atoms with Crippen LogP contribution < -0.4 is 4.90 Å². The van der Waals surface area contributed by atoms with Crippen molar-refractivity contribution in [1.82, 2.24) is 20.0 Å². The fraction of sp³-hybridized carbons (Fsp3) is 0.632. The standard InChI is InChI=1S/C19H27N5O/c1-15-17(16(2)25-22-15)13-23-10-5-19(6-11-23)4-3-9-24(14-19)18-12-20-7-8-21-18/h7-8,12H,3-6,9-11,13-14H2,1-2H3. The molecule has 0 atom stereocenters. The summed E-state index contributed by atoms with van der Waals surface area (Å²) >= 11 is 0. The van der Waals surface area contributed by atoms with E-state index in [9.17, 15) is 0 Å². The number of anilines is 1. The summed E-state index contributed by atoms with van der Waals surface area (Å²) in [6, 6.07) is 0. The van der Waals surface area contributed by atoms with E-state index in [2.05, 4.69) is 24.9 Å². The molecule has 25 heavy (non-hydrogen) atoms. The number of piperidine rings is 2. The molecule has 6 heteroatoms. The van der Waals surface area contributed by atoms with E-state index in [0.29, 0.717) is 5.41 Å². The number of aryl methyl sites for hydroxylation is 2. The zero-order valence-electron chi connectivity index (χ0n) is 15.2. The molecular weight excluding hydrogens is 314 g/mol. The molecule has 0 unspecified atom stereocenters. The van der Waals surface area contributed by atoms with E-state index in [1.807, 2.05) is 20.0 Å². The Morgan fingerprint density at radius 3 is 2.64 bits per heavy atom. The van der Waals surface area contributed by atoms with Crippen molar-refractivity contribution in [2.45, 2.75) is 46.1 Å². The van der Waals surface area contributed by atoms with Gasteiger partial charge in [-0.2, -0.15) is 0 Å². The number of rotatable bonds is 3. The SMILES string of the molecule is Cc1noc(C)c1CN1CCC2(CCCN(c3cnccn3)C2)CC1. The maximum Gasteiger partial charge on any atom is 0.147 e. The third-order valence-electron chi connectivity index (χ3n) is 6.01. The average Bonchev–Trinajstić information content (AvgIpc) is 2.97. The summed E-state index contributed by atoms with van der Waals surface area (Å²) in [6.45, 7) is 9.54. The van der Waals surface area contributed by atoms with Gasteiger partial charge in [0.2, 0.25) is 0 Å². The first-order valence-corrected chi connectivity index (χ1v) is 9.30. The van der Waals surface area contributed by atoms with Crippen LogP contribution in [-0.2, 0) is 6.54 Å². The lowest BCUT2D eigenvalue weighted by Crippen LogP contribution is -2.49. The van der Waals surface area contributed by atoms with Crippen molar-refractivity contribution in [2.24, 2.45) is 5.41 Å². The molecule has 0 N–H and O–H groups in total. The molecular formula is C19H27N5O. The Balaban J connectivity index is 1.39. The Bertz CT molecular complexity index is 686. The zero-order valence-corrected chi connectivity index (χ0v) is 15.2. The van der Waals surface area contributed by atoms with Crippen LogP contribution in [-0.4, -0.2) is 46.2 Å². The van der Waals surface area contributed by atoms with Gasteiger partial charge in [-0.3, -0.25) is 9.88 Å². The molecule has 2 fully saturated rings. The number of aromatic nitrogens is 3. The molecule has 2 aliphatic rings. The number of likely N-dealkylation sites (tertiary alicyclic amines) is 1. The second kappa shape index (κ2) is 6.75. The third kappa shape index (κ3) is 3.40. The maximum absolute atomic E-state index is 5.31. The van der Waals surface area contributed by atoms with Gasteiger partial charge in [0.1, 0.15) is 11.6 Å². The lowest BCUT2D eigenvalue weighted by molar-refractivity contribution is 0.0831. The topological polar surface area (TPSA) is 58.3 Å². The van der Waals surface area contributed by atoms with E-state index >= 15 is 0 Å². The van der Waals surface area contributed by atoms with Gasteiger partial charge in [0.15, 0.2) is 0 Å². The van der Waals surface area contributed by atoms with Crippen molar-refractivity contribution < 1.29 is 4.52 Å². The van der Waals surface area contributed by atoms with Gasteiger partial charge in [-0.05, 0) is 58.0 Å². The smallest absolute Gasteiger partial charge is 0.147 e. The molecule has 0 bridgehead atoms. The highest BCUT2D eigenvalue weighted by atomic mass is 16.5. The fourth-order valence-electron chi connectivity index (χ4n) is 4.40. The molecule has 4 rings (SSSR count). The third-order valence-corrected chi connectivity index (χ3v) is 6.01. The average molecular weight is 341 g/mol. The normalized spacial score (nSPS) is 21.0. The van der Waals surface area contributed by atoms with Gasteiger partial charge in [-0.1, -0.05) is 5.16 Å². The summed E-state index contributed by atoms with van der Waals surface area (Å²) < 4.78 is 5.31. The first-order chi connectivity index (χ1) is 12.2. The van der Waals surface area contributed by atoms with Crippen LogP contribution in [0.4, 0.5) is 5.82 Å². The number of hydrogen-bond donors (Lipinski definition) is 0. The molecule has 2 aromatic rings. The van der Waals surface area contributed by atoms with E-state index in [-0.39, 0.29) is 0 Å². The Labute approximate surface area is 149 Å². The summed E-state index contributed by atoms with van der Waals surface area (Å²) in [6.07, 6.45) is 10.5. The minimum Gasteiger partial charge on any atom is -0.361 e. The van der Waals surface area contributed by atoms with E-state index in [1.54, 1.807) is 12.4 Å². The molecule has 0 aromatic carbocycles. The van der Waals surface area contributed by atoms with Gasteiger partial charge in [0.05, 0.1) is 11.9 Å². The molecule has 0 saturated carbocycles. The Morgan fingerprint density at radius 2 is 1.96 bits per heavy atom. The molecule has 1 spiro atoms. The van der Waals surface area contributed by atoms with Gasteiger partial charge < -0.3 is 9.42 Å². The predicted molar refractivity (Wildman–Crippen MR) is 96.4 cm³/mol. The highest BCUT2D eigenvalue weighted by molar-refractivity contribution is 5.36. The highest BCUT2D eigenvalue weighted by Gasteiger charge is 2.38. The van der Waals surface area contributed by atoms with Crippen molar-refractivity contribution in [1.29, 1.82) is 0 Å². The van der Waals surface area contributed by atoms with Gasteiger partial charge >= 0.3 is 0 Å². The highest BCUT2D eigenvalue weighted by Crippen LogP contribution is 2.41. The van der Waals surface area contributed by atoms with Gasteiger partial charge in [-0.25, -0.2) is 4.98 Å². The molecule has 4 heterocycles. The van der Waals surface area contributed by atoms with E-state index < -0.39 is 0 Å². The first-order valence-electron chi connectivity index (χ1n) is 9.30. The lowest BCUT2D eigenvalue weighted by atomic mass is 9.72. The molecule has 2 aliphatic heterocycles. The summed E-state index contributed by atoms with van der Waals surface area (Å²) in [5.41, 5.74) is 2.73. The minimum atomic E-state index is 0.436. The molecule has 134 valence electrons. The monoisotopic (exact) mass is 341 g/mol. The van der Waals surface area contributed by atoms with Crippen LogP contribution in [0.2, 0.25) is 0 Å². The number of nitrogens with zero attached hydrogens (tertiary/aromatic N) is 5. The van der Waals surface area contributed by atoms with Crippen LogP contribution in [0, 0.1) is 19.3 Å². The van der Waals surface area contributed by atoms with Crippen LogP contribution in [0.15, 0.2) is 23.1 Å². The first kappa shape index (κ1) is 16.5. The summed E-state index contributed by atoms with van der Waals surface area (Å²) in [7, 11) is 0. The van der Waals surface area contributed by atoms with Crippen LogP contribution in [0.5, 0.6) is 0 Å². The molecule has 0 aliphatic carbocycles. The van der Waals surface area contributed by atoms with Crippen molar-refractivity contribution in [3.05, 3.63) is 35.6 Å². The van der Waals surface area contributed by atoms with Crippen molar-refractivity contribution >= 4 is 5.82 Å². The zero-order chi connectivity index (χ0) is 17.3. The quantitative estimate of drug-likeness (QED) is 0.855. The Morgan fingerprint density at radius 1 is 1.12 bits per heavy atom. The Hall–Kier alpha value is -1.95. The van der Waals surface area contributed by atoms with Crippen molar-refractivity contribution in [3.63, 3.8) is 0 Å². The number of hydrogen-bond acceptors (Lipinski definition) is 6. The van der Waals surface area contributed by atoms with Gasteiger partial charge in [0.25, 0.3) is 0 Å². The fourth-order valence-corrected chi connectivity index (χ4v) is 4.40. The Kier molecular flexibility index (Phi) is 4.46. The van der Waals surface area contributed by atoms with Crippen LogP contribution in [0.1, 0.15) is 42.7 Å². The molecule has 0 radical (unpaired) electrons. The summed E-state index contributed by atoms with van der Waals surface area (Å²) in [5.74, 6) is 1.99. The van der Waals surface area contributed by atoms with Crippen LogP contribution in [0.25, 0.3) is 0 Å².